The average molecular weight is 547 g/mol. The van der Waals surface area contributed by atoms with E-state index in [2.05, 4.69) is 5.32 Å². The molecule has 0 radical (unpaired) electrons. The van der Waals surface area contributed by atoms with Crippen LogP contribution in [0.5, 0.6) is 0 Å². The summed E-state index contributed by atoms with van der Waals surface area (Å²) in [6, 6.07) is 4.36. The summed E-state index contributed by atoms with van der Waals surface area (Å²) in [5.74, 6) is -3.04. The number of hydrogen-bond donors (Lipinski definition) is 2. The Balaban J connectivity index is 1.63. The van der Waals surface area contributed by atoms with Crippen LogP contribution >= 0.6 is 35.3 Å². The molecule has 1 aliphatic rings. The molecular weight excluding hydrogens is 528 g/mol. The van der Waals surface area contributed by atoms with E-state index in [1.165, 1.54) is 22.3 Å². The number of amides is 2. The second-order valence-electron chi connectivity index (χ2n) is 7.36. The first kappa shape index (κ1) is 26.8. The molecule has 2 N–H and O–H groups in total. The maximum Gasteiger partial charge on any atom is 0.419 e. The molecule has 0 bridgehead atoms. The maximum atomic E-state index is 13.6. The van der Waals surface area contributed by atoms with E-state index in [1.54, 1.807) is 17.5 Å². The third kappa shape index (κ3) is 7.12. The maximum absolute atomic E-state index is 13.6. The number of carboxylic acids is 1. The highest BCUT2D eigenvalue weighted by atomic mass is 32.2. The van der Waals surface area contributed by atoms with Crippen molar-refractivity contribution in [3.05, 3.63) is 50.8 Å². The lowest BCUT2D eigenvalue weighted by Gasteiger charge is -2.14. The van der Waals surface area contributed by atoms with Gasteiger partial charge >= 0.3 is 12.1 Å². The van der Waals surface area contributed by atoms with Crippen molar-refractivity contribution in [1.82, 2.24) is 10.2 Å². The summed E-state index contributed by atoms with van der Waals surface area (Å²) in [6.07, 6.45) is -3.03. The van der Waals surface area contributed by atoms with Crippen molar-refractivity contribution < 1.29 is 37.1 Å². The van der Waals surface area contributed by atoms with E-state index < -0.39 is 29.4 Å². The first-order chi connectivity index (χ1) is 16.5. The number of benzene rings is 1. The van der Waals surface area contributed by atoms with Gasteiger partial charge in [-0.25, -0.2) is 4.39 Å². The third-order valence-electron chi connectivity index (χ3n) is 4.82. The number of alkyl halides is 3. The number of thioether (sulfide) groups is 1. The first-order valence-corrected chi connectivity index (χ1v) is 12.3. The van der Waals surface area contributed by atoms with Crippen molar-refractivity contribution in [2.45, 2.75) is 25.4 Å². The average Bonchev–Trinajstić information content (AvgIpc) is 3.34. The molecular formula is C22H18F4N2O4S3. The van der Waals surface area contributed by atoms with Gasteiger partial charge in [0.15, 0.2) is 0 Å². The highest BCUT2D eigenvalue weighted by Crippen LogP contribution is 2.37. The van der Waals surface area contributed by atoms with Crippen molar-refractivity contribution in [3.8, 4) is 11.1 Å². The van der Waals surface area contributed by atoms with Crippen molar-refractivity contribution in [2.75, 3.05) is 13.1 Å². The highest BCUT2D eigenvalue weighted by Gasteiger charge is 2.34. The van der Waals surface area contributed by atoms with Crippen LogP contribution in [0, 0.1) is 5.82 Å². The van der Waals surface area contributed by atoms with Gasteiger partial charge in [0.05, 0.1) is 10.5 Å². The van der Waals surface area contributed by atoms with E-state index in [0.29, 0.717) is 21.8 Å². The van der Waals surface area contributed by atoms with Gasteiger partial charge in [-0.1, -0.05) is 30.0 Å². The Bertz CT molecular complexity index is 1190. The van der Waals surface area contributed by atoms with Gasteiger partial charge in [0, 0.05) is 30.8 Å². The predicted molar refractivity (Wildman–Crippen MR) is 129 cm³/mol. The van der Waals surface area contributed by atoms with E-state index in [0.717, 1.165) is 23.9 Å². The second kappa shape index (κ2) is 11.3. The molecule has 1 aliphatic heterocycles. The van der Waals surface area contributed by atoms with Crippen molar-refractivity contribution in [3.63, 3.8) is 0 Å². The van der Waals surface area contributed by atoms with E-state index in [-0.39, 0.29) is 41.7 Å². The van der Waals surface area contributed by atoms with Crippen LogP contribution in [-0.4, -0.2) is 45.2 Å². The minimum absolute atomic E-state index is 0.0119. The molecule has 0 spiro atoms. The van der Waals surface area contributed by atoms with Crippen LogP contribution in [0.15, 0.2) is 34.6 Å². The monoisotopic (exact) mass is 546 g/mol. The van der Waals surface area contributed by atoms with E-state index >= 15 is 0 Å². The van der Waals surface area contributed by atoms with Gasteiger partial charge in [0.2, 0.25) is 5.91 Å². The predicted octanol–water partition coefficient (Wildman–Crippen LogP) is 5.15. The quantitative estimate of drug-likeness (QED) is 0.196. The molecule has 2 heterocycles. The van der Waals surface area contributed by atoms with E-state index in [1.807, 2.05) is 0 Å². The summed E-state index contributed by atoms with van der Waals surface area (Å²) in [7, 11) is 0. The topological polar surface area (TPSA) is 86.7 Å². The Hall–Kier alpha value is -2.77. The third-order valence-corrected chi connectivity index (χ3v) is 7.08. The Labute approximate surface area is 211 Å². The molecule has 0 atom stereocenters. The van der Waals surface area contributed by atoms with Gasteiger partial charge in [-0.15, -0.1) is 11.3 Å². The number of rotatable bonds is 9. The molecule has 1 fully saturated rings. The number of nitrogens with zero attached hydrogens (tertiary/aromatic N) is 1. The number of hydrogen-bond acceptors (Lipinski definition) is 6. The van der Waals surface area contributed by atoms with Crippen LogP contribution in [0.3, 0.4) is 0 Å². The molecule has 1 aromatic heterocycles. The smallest absolute Gasteiger partial charge is 0.419 e. The fourth-order valence-corrected chi connectivity index (χ4v) is 5.32. The van der Waals surface area contributed by atoms with E-state index in [4.69, 9.17) is 17.3 Å². The molecule has 35 heavy (non-hydrogen) atoms. The molecule has 2 amide bonds. The van der Waals surface area contributed by atoms with Crippen molar-refractivity contribution in [1.29, 1.82) is 0 Å². The van der Waals surface area contributed by atoms with Crippen molar-refractivity contribution in [2.24, 2.45) is 0 Å². The molecule has 0 aliphatic carbocycles. The zero-order chi connectivity index (χ0) is 25.8. The minimum Gasteiger partial charge on any atom is -0.481 e. The molecule has 2 aromatic rings. The van der Waals surface area contributed by atoms with Gasteiger partial charge in [-0.3, -0.25) is 19.3 Å². The summed E-state index contributed by atoms with van der Waals surface area (Å²) in [6.45, 7) is 0.265. The van der Waals surface area contributed by atoms with Crippen LogP contribution in [-0.2, 0) is 20.6 Å². The summed E-state index contributed by atoms with van der Waals surface area (Å²) in [5, 5.41) is 12.8. The van der Waals surface area contributed by atoms with Gasteiger partial charge < -0.3 is 10.4 Å². The number of halogens is 4. The van der Waals surface area contributed by atoms with Crippen molar-refractivity contribution >= 4 is 63.5 Å². The van der Waals surface area contributed by atoms with Gasteiger partial charge in [0.25, 0.3) is 5.91 Å². The van der Waals surface area contributed by atoms with Crippen LogP contribution in [0.2, 0.25) is 0 Å². The molecule has 186 valence electrons. The lowest BCUT2D eigenvalue weighted by molar-refractivity contribution is -0.140. The number of thiocarbonyl (C=S) groups is 1. The summed E-state index contributed by atoms with van der Waals surface area (Å²) in [4.78, 5) is 37.3. The Morgan fingerprint density at radius 2 is 1.91 bits per heavy atom. The second-order valence-corrected chi connectivity index (χ2v) is 9.98. The molecule has 1 aromatic carbocycles. The van der Waals surface area contributed by atoms with Gasteiger partial charge in [0.1, 0.15) is 10.1 Å². The van der Waals surface area contributed by atoms with Gasteiger partial charge in [-0.05, 0) is 47.2 Å². The summed E-state index contributed by atoms with van der Waals surface area (Å²) in [5.41, 5.74) is -0.715. The zero-order valence-electron chi connectivity index (χ0n) is 17.9. The van der Waals surface area contributed by atoms with Crippen LogP contribution in [0.1, 0.15) is 29.7 Å². The fourth-order valence-electron chi connectivity index (χ4n) is 3.09. The Morgan fingerprint density at radius 3 is 2.60 bits per heavy atom. The number of thiophene rings is 1. The standard InChI is InChI=1S/C22H18F4N2O4S3/c23-16-4-3-12(9-15(16)22(24,25)26)13-8-14(34-11-13)10-17-20(32)28(21(33)35-17)7-5-18(29)27-6-1-2-19(30)31/h3-4,8-11H,1-2,5-7H2,(H,27,29)(H,30,31)/b17-10-. The SMILES string of the molecule is O=C(O)CCCNC(=O)CCN1C(=O)/C(=C/c2cc(-c3ccc(F)c(C(F)(F)F)c3)cs2)SC1=S. The molecule has 6 nitrogen and oxygen atoms in total. The number of carbonyl (C=O) groups excluding carboxylic acids is 2. The first-order valence-electron chi connectivity index (χ1n) is 10.1. The van der Waals surface area contributed by atoms with Crippen LogP contribution < -0.4 is 5.32 Å². The Morgan fingerprint density at radius 1 is 1.17 bits per heavy atom. The normalized spacial score (nSPS) is 15.2. The number of aliphatic carboxylic acids is 1. The fraction of sp³-hybridized carbons (Fsp3) is 0.273. The van der Waals surface area contributed by atoms with E-state index in [9.17, 15) is 31.9 Å². The van der Waals surface area contributed by atoms with Crippen LogP contribution in [0.4, 0.5) is 17.6 Å². The molecule has 0 saturated carbocycles. The highest BCUT2D eigenvalue weighted by molar-refractivity contribution is 8.26. The summed E-state index contributed by atoms with van der Waals surface area (Å²) < 4.78 is 52.8. The molecule has 13 heteroatoms. The molecule has 3 rings (SSSR count). The molecule has 1 saturated heterocycles. The molecule has 0 unspecified atom stereocenters. The zero-order valence-corrected chi connectivity index (χ0v) is 20.3. The van der Waals surface area contributed by atoms with Gasteiger partial charge in [-0.2, -0.15) is 13.2 Å². The summed E-state index contributed by atoms with van der Waals surface area (Å²) >= 11 is 7.48. The number of nitrogens with one attached hydrogen (secondary N) is 1. The lowest BCUT2D eigenvalue weighted by atomic mass is 10.0. The largest absolute Gasteiger partial charge is 0.481 e. The number of carboxylic acid groups (broad SMARTS) is 1. The van der Waals surface area contributed by atoms with Crippen LogP contribution in [0.25, 0.3) is 17.2 Å². The number of carbonyl (C=O) groups is 3. The Kier molecular flexibility index (Phi) is 8.67. The minimum atomic E-state index is -4.82. The lowest BCUT2D eigenvalue weighted by Crippen LogP contribution is -2.33.